The molecule has 0 saturated carbocycles. The van der Waals surface area contributed by atoms with E-state index in [0.29, 0.717) is 0 Å². The molecule has 6 nitrogen and oxygen atoms in total. The van der Waals surface area contributed by atoms with Crippen LogP contribution >= 0.6 is 0 Å². The van der Waals surface area contributed by atoms with E-state index in [0.717, 1.165) is 67.9 Å². The largest absolute Gasteiger partial charge is 0.339 e. The minimum Gasteiger partial charge on any atom is -0.339 e. The minimum absolute atomic E-state index is 0.128. The second-order valence-corrected chi connectivity index (χ2v) is 6.44. The summed E-state index contributed by atoms with van der Waals surface area (Å²) >= 11 is 0. The number of carbonyl (C=O) groups excluding carboxylic acids is 1. The van der Waals surface area contributed by atoms with Crippen LogP contribution in [0.4, 0.5) is 0 Å². The topological polar surface area (TPSA) is 62.5 Å². The van der Waals surface area contributed by atoms with Gasteiger partial charge in [-0.15, -0.1) is 10.2 Å². The summed E-state index contributed by atoms with van der Waals surface area (Å²) in [6.07, 6.45) is 4.08. The standard InChI is InChI=1S/C16H21N5O/c1-11-18-19-15-3-2-14(10-21(11)15)16(22)20-6-4-12-8-17-9-13(12)5-7-20/h2-3,10,12-13,17H,4-9H2,1H3/t12-,13+. The van der Waals surface area contributed by atoms with Gasteiger partial charge in [0.05, 0.1) is 5.56 Å². The van der Waals surface area contributed by atoms with Gasteiger partial charge in [0.15, 0.2) is 5.65 Å². The molecule has 2 aliphatic rings. The van der Waals surface area contributed by atoms with Gasteiger partial charge in [-0.05, 0) is 56.8 Å². The van der Waals surface area contributed by atoms with Crippen molar-refractivity contribution in [2.75, 3.05) is 26.2 Å². The number of aromatic nitrogens is 3. The molecule has 2 aromatic rings. The zero-order valence-corrected chi connectivity index (χ0v) is 12.8. The predicted octanol–water partition coefficient (Wildman–Crippen LogP) is 1.11. The van der Waals surface area contributed by atoms with Crippen molar-refractivity contribution >= 4 is 11.6 Å². The number of nitrogens with zero attached hydrogens (tertiary/aromatic N) is 4. The Morgan fingerprint density at radius 3 is 2.64 bits per heavy atom. The van der Waals surface area contributed by atoms with E-state index >= 15 is 0 Å². The highest BCUT2D eigenvalue weighted by Gasteiger charge is 2.31. The Labute approximate surface area is 129 Å². The number of aryl methyl sites for hydroxylation is 1. The van der Waals surface area contributed by atoms with Crippen molar-refractivity contribution in [3.05, 3.63) is 29.7 Å². The first kappa shape index (κ1) is 13.7. The minimum atomic E-state index is 0.128. The van der Waals surface area contributed by atoms with Crippen molar-refractivity contribution < 1.29 is 4.79 Å². The van der Waals surface area contributed by atoms with Crippen LogP contribution in [-0.2, 0) is 0 Å². The molecule has 4 heterocycles. The van der Waals surface area contributed by atoms with Crippen LogP contribution in [0.1, 0.15) is 29.0 Å². The summed E-state index contributed by atoms with van der Waals surface area (Å²) in [4.78, 5) is 14.8. The third-order valence-electron chi connectivity index (χ3n) is 5.13. The van der Waals surface area contributed by atoms with Gasteiger partial charge in [0.1, 0.15) is 5.82 Å². The molecule has 0 aliphatic carbocycles. The Kier molecular flexibility index (Phi) is 3.33. The zero-order valence-electron chi connectivity index (χ0n) is 12.8. The van der Waals surface area contributed by atoms with Gasteiger partial charge in [-0.3, -0.25) is 9.20 Å². The van der Waals surface area contributed by atoms with E-state index < -0.39 is 0 Å². The normalized spacial score (nSPS) is 25.2. The van der Waals surface area contributed by atoms with Gasteiger partial charge in [0.2, 0.25) is 0 Å². The lowest BCUT2D eigenvalue weighted by Gasteiger charge is -2.21. The zero-order chi connectivity index (χ0) is 15.1. The summed E-state index contributed by atoms with van der Waals surface area (Å²) in [7, 11) is 0. The van der Waals surface area contributed by atoms with Crippen LogP contribution in [0, 0.1) is 18.8 Å². The average molecular weight is 299 g/mol. The van der Waals surface area contributed by atoms with Crippen LogP contribution in [0.5, 0.6) is 0 Å². The first-order valence-corrected chi connectivity index (χ1v) is 8.04. The molecule has 2 fully saturated rings. The number of rotatable bonds is 1. The number of pyridine rings is 1. The van der Waals surface area contributed by atoms with Crippen molar-refractivity contribution in [1.29, 1.82) is 0 Å². The quantitative estimate of drug-likeness (QED) is 0.857. The molecule has 2 aromatic heterocycles. The van der Waals surface area contributed by atoms with E-state index in [4.69, 9.17) is 0 Å². The Bertz CT molecular complexity index is 696. The molecule has 0 aromatic carbocycles. The first-order chi connectivity index (χ1) is 10.7. The molecule has 0 radical (unpaired) electrons. The fraction of sp³-hybridized carbons (Fsp3) is 0.562. The van der Waals surface area contributed by atoms with Gasteiger partial charge in [-0.1, -0.05) is 0 Å². The lowest BCUT2D eigenvalue weighted by atomic mass is 9.92. The van der Waals surface area contributed by atoms with Gasteiger partial charge in [-0.25, -0.2) is 0 Å². The van der Waals surface area contributed by atoms with Crippen LogP contribution in [0.15, 0.2) is 18.3 Å². The lowest BCUT2D eigenvalue weighted by Crippen LogP contribution is -2.32. The van der Waals surface area contributed by atoms with Crippen LogP contribution < -0.4 is 5.32 Å². The summed E-state index contributed by atoms with van der Waals surface area (Å²) in [6, 6.07) is 3.72. The summed E-state index contributed by atoms with van der Waals surface area (Å²) in [5.74, 6) is 2.41. The van der Waals surface area contributed by atoms with Gasteiger partial charge in [0.25, 0.3) is 5.91 Å². The van der Waals surface area contributed by atoms with Crippen molar-refractivity contribution in [1.82, 2.24) is 24.8 Å². The molecule has 1 amide bonds. The number of nitrogens with one attached hydrogen (secondary N) is 1. The van der Waals surface area contributed by atoms with Crippen molar-refractivity contribution in [2.45, 2.75) is 19.8 Å². The Balaban J connectivity index is 1.56. The van der Waals surface area contributed by atoms with Crippen LogP contribution in [0.2, 0.25) is 0 Å². The number of hydrogen-bond donors (Lipinski definition) is 1. The molecule has 0 spiro atoms. The van der Waals surface area contributed by atoms with Crippen LogP contribution in [0.25, 0.3) is 5.65 Å². The highest BCUT2D eigenvalue weighted by atomic mass is 16.2. The van der Waals surface area contributed by atoms with Crippen LogP contribution in [-0.4, -0.2) is 51.6 Å². The smallest absolute Gasteiger partial charge is 0.255 e. The monoisotopic (exact) mass is 299 g/mol. The summed E-state index contributed by atoms with van der Waals surface area (Å²) < 4.78 is 1.88. The van der Waals surface area contributed by atoms with E-state index in [1.807, 2.05) is 34.6 Å². The highest BCUT2D eigenvalue weighted by molar-refractivity contribution is 5.94. The maximum absolute atomic E-state index is 12.8. The molecule has 1 N–H and O–H groups in total. The fourth-order valence-corrected chi connectivity index (χ4v) is 3.74. The van der Waals surface area contributed by atoms with Crippen molar-refractivity contribution in [3.63, 3.8) is 0 Å². The second-order valence-electron chi connectivity index (χ2n) is 6.44. The molecule has 2 aliphatic heterocycles. The molecule has 0 bridgehead atoms. The highest BCUT2D eigenvalue weighted by Crippen LogP contribution is 2.27. The molecule has 22 heavy (non-hydrogen) atoms. The second kappa shape index (κ2) is 5.35. The van der Waals surface area contributed by atoms with E-state index in [1.54, 1.807) is 0 Å². The van der Waals surface area contributed by atoms with Gasteiger partial charge in [-0.2, -0.15) is 0 Å². The fourth-order valence-electron chi connectivity index (χ4n) is 3.74. The van der Waals surface area contributed by atoms with E-state index in [2.05, 4.69) is 15.5 Å². The maximum Gasteiger partial charge on any atom is 0.255 e. The van der Waals surface area contributed by atoms with Crippen LogP contribution in [0.3, 0.4) is 0 Å². The molecule has 0 unspecified atom stereocenters. The Morgan fingerprint density at radius 1 is 1.18 bits per heavy atom. The lowest BCUT2D eigenvalue weighted by molar-refractivity contribution is 0.0758. The Hall–Kier alpha value is -1.95. The third kappa shape index (κ3) is 2.27. The molecular weight excluding hydrogens is 278 g/mol. The van der Waals surface area contributed by atoms with Gasteiger partial charge in [0, 0.05) is 19.3 Å². The Morgan fingerprint density at radius 2 is 1.91 bits per heavy atom. The van der Waals surface area contributed by atoms with Gasteiger partial charge >= 0.3 is 0 Å². The number of hydrogen-bond acceptors (Lipinski definition) is 4. The molecule has 2 saturated heterocycles. The first-order valence-electron chi connectivity index (χ1n) is 8.04. The number of fused-ring (bicyclic) bond motifs is 2. The third-order valence-corrected chi connectivity index (χ3v) is 5.13. The van der Waals surface area contributed by atoms with Crippen molar-refractivity contribution in [3.8, 4) is 0 Å². The molecular formula is C16H21N5O. The van der Waals surface area contributed by atoms with Crippen molar-refractivity contribution in [2.24, 2.45) is 11.8 Å². The summed E-state index contributed by atoms with van der Waals surface area (Å²) in [6.45, 7) is 5.84. The molecule has 116 valence electrons. The van der Waals surface area contributed by atoms with E-state index in [1.165, 1.54) is 0 Å². The molecule has 4 rings (SSSR count). The number of likely N-dealkylation sites (tertiary alicyclic amines) is 1. The molecule has 6 heteroatoms. The maximum atomic E-state index is 12.8. The summed E-state index contributed by atoms with van der Waals surface area (Å²) in [5, 5.41) is 11.6. The summed E-state index contributed by atoms with van der Waals surface area (Å²) in [5.41, 5.74) is 1.51. The predicted molar refractivity (Wildman–Crippen MR) is 82.7 cm³/mol. The van der Waals surface area contributed by atoms with E-state index in [9.17, 15) is 4.79 Å². The molecule has 2 atom stereocenters. The average Bonchev–Trinajstić information content (AvgIpc) is 3.08. The van der Waals surface area contributed by atoms with E-state index in [-0.39, 0.29) is 5.91 Å². The SMILES string of the molecule is Cc1nnc2ccc(C(=O)N3CC[C@@H]4CNC[C@@H]4CC3)cn12. The number of carbonyl (C=O) groups is 1. The number of amides is 1. The van der Waals surface area contributed by atoms with Gasteiger partial charge < -0.3 is 10.2 Å².